The molecule has 156 valence electrons. The van der Waals surface area contributed by atoms with Gasteiger partial charge in [-0.1, -0.05) is 38.4 Å². The van der Waals surface area contributed by atoms with E-state index in [-0.39, 0.29) is 30.4 Å². The van der Waals surface area contributed by atoms with Gasteiger partial charge in [0.2, 0.25) is 0 Å². The predicted molar refractivity (Wildman–Crippen MR) is 118 cm³/mol. The summed E-state index contributed by atoms with van der Waals surface area (Å²) in [4.78, 5) is 26.7. The fraction of sp³-hybridized carbons (Fsp3) is 0.455. The Labute approximate surface area is 180 Å². The molecule has 1 aliphatic rings. The molecule has 0 radical (unpaired) electrons. The number of halogens is 1. The van der Waals surface area contributed by atoms with Crippen molar-refractivity contribution in [3.63, 3.8) is 0 Å². The highest BCUT2D eigenvalue weighted by atomic mass is 35.5. The molecule has 3 N–H and O–H groups in total. The maximum atomic E-state index is 12.8. The lowest BCUT2D eigenvalue weighted by molar-refractivity contribution is 0.0944. The van der Waals surface area contributed by atoms with Crippen LogP contribution in [0.4, 0.5) is 5.00 Å². The van der Waals surface area contributed by atoms with Crippen LogP contribution < -0.4 is 10.6 Å². The van der Waals surface area contributed by atoms with Crippen molar-refractivity contribution in [3.8, 4) is 0 Å². The number of carbonyl (C=O) groups is 2. The first-order valence-electron chi connectivity index (χ1n) is 9.81. The van der Waals surface area contributed by atoms with E-state index in [0.717, 1.165) is 29.7 Å². The van der Waals surface area contributed by atoms with Crippen molar-refractivity contribution in [1.82, 2.24) is 5.32 Å². The summed E-state index contributed by atoms with van der Waals surface area (Å²) in [7, 11) is 0. The van der Waals surface area contributed by atoms with Gasteiger partial charge in [-0.05, 0) is 54.4 Å². The number of fused-ring (bicyclic) bond motifs is 1. The molecule has 1 aromatic heterocycles. The number of amides is 2. The van der Waals surface area contributed by atoms with Crippen LogP contribution in [-0.4, -0.2) is 30.1 Å². The summed E-state index contributed by atoms with van der Waals surface area (Å²) in [5.41, 5.74) is 2.18. The van der Waals surface area contributed by atoms with E-state index in [1.54, 1.807) is 24.3 Å². The van der Waals surface area contributed by atoms with E-state index in [4.69, 9.17) is 16.7 Å². The lowest BCUT2D eigenvalue weighted by atomic mass is 9.72. The summed E-state index contributed by atoms with van der Waals surface area (Å²) in [5, 5.41) is 15.8. The molecule has 0 aliphatic heterocycles. The highest BCUT2D eigenvalue weighted by molar-refractivity contribution is 7.17. The zero-order valence-electron chi connectivity index (χ0n) is 17.0. The fourth-order valence-electron chi connectivity index (χ4n) is 3.72. The van der Waals surface area contributed by atoms with Crippen molar-refractivity contribution in [1.29, 1.82) is 0 Å². The molecule has 2 aromatic rings. The van der Waals surface area contributed by atoms with Crippen LogP contribution in [0.2, 0.25) is 5.02 Å². The molecule has 1 heterocycles. The molecule has 1 unspecified atom stereocenters. The Balaban J connectivity index is 1.94. The Hall–Kier alpha value is -1.89. The maximum Gasteiger partial charge on any atom is 0.256 e. The minimum Gasteiger partial charge on any atom is -0.395 e. The van der Waals surface area contributed by atoms with Crippen molar-refractivity contribution >= 4 is 39.8 Å². The normalized spacial score (nSPS) is 16.2. The molecule has 1 atom stereocenters. The molecular formula is C22H27ClN2O3S. The smallest absolute Gasteiger partial charge is 0.256 e. The number of rotatable bonds is 5. The average molecular weight is 435 g/mol. The summed E-state index contributed by atoms with van der Waals surface area (Å²) in [6.45, 7) is 6.77. The van der Waals surface area contributed by atoms with E-state index in [0.29, 0.717) is 27.1 Å². The van der Waals surface area contributed by atoms with E-state index in [1.807, 2.05) is 0 Å². The molecule has 1 aromatic carbocycles. The van der Waals surface area contributed by atoms with Gasteiger partial charge in [-0.15, -0.1) is 11.3 Å². The molecule has 2 amide bonds. The van der Waals surface area contributed by atoms with Crippen molar-refractivity contribution < 1.29 is 14.7 Å². The Kier molecular flexibility index (Phi) is 6.66. The van der Waals surface area contributed by atoms with Gasteiger partial charge in [0.25, 0.3) is 11.8 Å². The molecule has 1 aliphatic carbocycles. The van der Waals surface area contributed by atoms with Gasteiger partial charge in [0.05, 0.1) is 12.2 Å². The highest BCUT2D eigenvalue weighted by Crippen LogP contribution is 2.44. The zero-order valence-corrected chi connectivity index (χ0v) is 18.5. The SMILES string of the molecule is CC(C)(C)C1CCc2c(sc(NC(=O)c3cccc(Cl)c3)c2C(=O)NCCO)C1. The lowest BCUT2D eigenvalue weighted by Crippen LogP contribution is -2.30. The Morgan fingerprint density at radius 1 is 1.28 bits per heavy atom. The first-order valence-corrected chi connectivity index (χ1v) is 11.0. The second-order valence-electron chi connectivity index (χ2n) is 8.46. The number of hydrogen-bond donors (Lipinski definition) is 3. The molecule has 0 fully saturated rings. The van der Waals surface area contributed by atoms with Crippen molar-refractivity contribution in [3.05, 3.63) is 50.9 Å². The van der Waals surface area contributed by atoms with Gasteiger partial charge >= 0.3 is 0 Å². The van der Waals surface area contributed by atoms with Gasteiger partial charge < -0.3 is 15.7 Å². The summed E-state index contributed by atoms with van der Waals surface area (Å²) >= 11 is 7.49. The second-order valence-corrected chi connectivity index (χ2v) is 10.00. The maximum absolute atomic E-state index is 12.8. The molecular weight excluding hydrogens is 408 g/mol. The Bertz CT molecular complexity index is 917. The molecule has 0 saturated heterocycles. The topological polar surface area (TPSA) is 78.4 Å². The Morgan fingerprint density at radius 3 is 2.69 bits per heavy atom. The summed E-state index contributed by atoms with van der Waals surface area (Å²) in [6, 6.07) is 6.73. The first-order chi connectivity index (χ1) is 13.7. The summed E-state index contributed by atoms with van der Waals surface area (Å²) in [5.74, 6) is -0.0275. The van der Waals surface area contributed by atoms with E-state index in [2.05, 4.69) is 31.4 Å². The van der Waals surface area contributed by atoms with Crippen molar-refractivity contribution in [2.24, 2.45) is 11.3 Å². The van der Waals surface area contributed by atoms with Gasteiger partial charge in [-0.2, -0.15) is 0 Å². The standard InChI is InChI=1S/C22H27ClN2O3S/c1-22(2,3)14-7-8-16-17(12-14)29-21(18(16)20(28)24-9-10-26)25-19(27)13-5-4-6-15(23)11-13/h4-6,11,14,26H,7-10,12H2,1-3H3,(H,24,28)(H,25,27). The molecule has 5 nitrogen and oxygen atoms in total. The number of anilines is 1. The molecule has 3 rings (SSSR count). The van der Waals surface area contributed by atoms with Crippen molar-refractivity contribution in [2.75, 3.05) is 18.5 Å². The van der Waals surface area contributed by atoms with Crippen molar-refractivity contribution in [2.45, 2.75) is 40.0 Å². The quantitative estimate of drug-likeness (QED) is 0.647. The number of aliphatic hydroxyl groups excluding tert-OH is 1. The zero-order chi connectivity index (χ0) is 21.2. The number of thiophene rings is 1. The third-order valence-corrected chi connectivity index (χ3v) is 6.83. The highest BCUT2D eigenvalue weighted by Gasteiger charge is 2.34. The summed E-state index contributed by atoms with van der Waals surface area (Å²) < 4.78 is 0. The number of hydrogen-bond acceptors (Lipinski definition) is 4. The van der Waals surface area contributed by atoms with Gasteiger partial charge in [0.1, 0.15) is 5.00 Å². The van der Waals surface area contributed by atoms with Gasteiger partial charge in [-0.3, -0.25) is 9.59 Å². The van der Waals surface area contributed by atoms with Crippen LogP contribution >= 0.6 is 22.9 Å². The van der Waals surface area contributed by atoms with E-state index in [9.17, 15) is 9.59 Å². The number of nitrogens with one attached hydrogen (secondary N) is 2. The predicted octanol–water partition coefficient (Wildman–Crippen LogP) is 4.53. The van der Waals surface area contributed by atoms with Gasteiger partial charge in [-0.25, -0.2) is 0 Å². The molecule has 7 heteroatoms. The largest absolute Gasteiger partial charge is 0.395 e. The Morgan fingerprint density at radius 2 is 2.03 bits per heavy atom. The first kappa shape index (κ1) is 21.8. The van der Waals surface area contributed by atoms with E-state index in [1.165, 1.54) is 11.3 Å². The third kappa shape index (κ3) is 5.00. The summed E-state index contributed by atoms with van der Waals surface area (Å²) in [6.07, 6.45) is 2.72. The molecule has 0 bridgehead atoms. The van der Waals surface area contributed by atoms with Crippen LogP contribution in [0.1, 0.15) is 58.3 Å². The molecule has 0 spiro atoms. The van der Waals surface area contributed by atoms with Crippen LogP contribution in [0.3, 0.4) is 0 Å². The lowest BCUT2D eigenvalue weighted by Gasteiger charge is -2.33. The van der Waals surface area contributed by atoms with Crippen LogP contribution in [-0.2, 0) is 12.8 Å². The fourth-order valence-corrected chi connectivity index (χ4v) is 5.23. The van der Waals surface area contributed by atoms with Crippen LogP contribution in [0, 0.1) is 11.3 Å². The number of benzene rings is 1. The minimum absolute atomic E-state index is 0.131. The minimum atomic E-state index is -0.297. The molecule has 0 saturated carbocycles. The monoisotopic (exact) mass is 434 g/mol. The molecule has 29 heavy (non-hydrogen) atoms. The number of carbonyl (C=O) groups excluding carboxylic acids is 2. The van der Waals surface area contributed by atoms with Crippen LogP contribution in [0.15, 0.2) is 24.3 Å². The van der Waals surface area contributed by atoms with E-state index < -0.39 is 0 Å². The van der Waals surface area contributed by atoms with Gasteiger partial charge in [0, 0.05) is 22.0 Å². The average Bonchev–Trinajstić information content (AvgIpc) is 3.02. The van der Waals surface area contributed by atoms with Crippen LogP contribution in [0.25, 0.3) is 0 Å². The van der Waals surface area contributed by atoms with Crippen LogP contribution in [0.5, 0.6) is 0 Å². The third-order valence-electron chi connectivity index (χ3n) is 5.43. The second kappa shape index (κ2) is 8.86. The number of aliphatic hydroxyl groups is 1. The van der Waals surface area contributed by atoms with Gasteiger partial charge in [0.15, 0.2) is 0 Å². The van der Waals surface area contributed by atoms with E-state index >= 15 is 0 Å².